The van der Waals surface area contributed by atoms with Crippen molar-refractivity contribution in [2.75, 3.05) is 32.8 Å². The molecular weight excluding hydrogens is 312 g/mol. The molecule has 1 N–H and O–H groups in total. The second kappa shape index (κ2) is 7.01. The Balaban J connectivity index is 1.77. The molecule has 5 heteroatoms. The van der Waals surface area contributed by atoms with Gasteiger partial charge in [0.25, 0.3) is 0 Å². The molecule has 0 spiro atoms. The third kappa shape index (κ3) is 4.03. The molecule has 18 heavy (non-hydrogen) atoms. The van der Waals surface area contributed by atoms with E-state index in [0.29, 0.717) is 12.1 Å². The third-order valence-corrected chi connectivity index (χ3v) is 5.21. The maximum absolute atomic E-state index is 5.79. The molecule has 1 fully saturated rings. The average molecular weight is 333 g/mol. The summed E-state index contributed by atoms with van der Waals surface area (Å²) in [7, 11) is 0. The molecular formula is C13H21BrN2OS. The minimum absolute atomic E-state index is 0.324. The van der Waals surface area contributed by atoms with Crippen LogP contribution in [0.3, 0.4) is 0 Å². The first-order valence-electron chi connectivity index (χ1n) is 6.50. The summed E-state index contributed by atoms with van der Waals surface area (Å²) in [6, 6.07) is 2.57. The number of nitrogens with zero attached hydrogens (tertiary/aromatic N) is 1. The number of rotatable bonds is 5. The van der Waals surface area contributed by atoms with Crippen molar-refractivity contribution in [3.63, 3.8) is 0 Å². The van der Waals surface area contributed by atoms with E-state index in [1.807, 2.05) is 0 Å². The molecule has 2 atom stereocenters. The molecule has 0 bridgehead atoms. The molecule has 0 radical (unpaired) electrons. The van der Waals surface area contributed by atoms with Gasteiger partial charge in [0.05, 0.1) is 12.7 Å². The van der Waals surface area contributed by atoms with E-state index < -0.39 is 0 Å². The van der Waals surface area contributed by atoms with Crippen molar-refractivity contribution in [3.8, 4) is 0 Å². The van der Waals surface area contributed by atoms with Crippen LogP contribution in [0.4, 0.5) is 0 Å². The van der Waals surface area contributed by atoms with Crippen molar-refractivity contribution in [1.29, 1.82) is 0 Å². The number of ether oxygens (including phenoxy) is 1. The smallest absolute Gasteiger partial charge is 0.0826 e. The molecule has 0 amide bonds. The lowest BCUT2D eigenvalue weighted by Gasteiger charge is -2.32. The summed E-state index contributed by atoms with van der Waals surface area (Å²) in [5.74, 6) is 0. The number of hydrogen-bond acceptors (Lipinski definition) is 4. The molecule has 0 aliphatic carbocycles. The van der Waals surface area contributed by atoms with Crippen molar-refractivity contribution >= 4 is 27.3 Å². The Hall–Kier alpha value is 0.0600. The average Bonchev–Trinajstić information content (AvgIpc) is 2.83. The summed E-state index contributed by atoms with van der Waals surface area (Å²) in [6.45, 7) is 9.44. The van der Waals surface area contributed by atoms with Gasteiger partial charge >= 0.3 is 0 Å². The van der Waals surface area contributed by atoms with Crippen LogP contribution < -0.4 is 5.32 Å². The van der Waals surface area contributed by atoms with Gasteiger partial charge in [-0.05, 0) is 35.5 Å². The van der Waals surface area contributed by atoms with E-state index in [-0.39, 0.29) is 0 Å². The monoisotopic (exact) mass is 332 g/mol. The van der Waals surface area contributed by atoms with Gasteiger partial charge in [0.15, 0.2) is 0 Å². The summed E-state index contributed by atoms with van der Waals surface area (Å²) in [5, 5.41) is 5.69. The zero-order valence-electron chi connectivity index (χ0n) is 11.0. The lowest BCUT2D eigenvalue weighted by Crippen LogP contribution is -2.46. The Morgan fingerprint density at radius 1 is 1.67 bits per heavy atom. The number of thiophene rings is 1. The molecule has 102 valence electrons. The Labute approximate surface area is 122 Å². The predicted molar refractivity (Wildman–Crippen MR) is 80.3 cm³/mol. The SMILES string of the molecule is CCN1CCOC(CNC(C)c2cc(Br)cs2)C1. The van der Waals surface area contributed by atoms with E-state index in [2.05, 4.69) is 51.4 Å². The van der Waals surface area contributed by atoms with Crippen LogP contribution in [0.25, 0.3) is 0 Å². The first-order chi connectivity index (χ1) is 8.69. The molecule has 1 saturated heterocycles. The molecule has 0 aromatic carbocycles. The number of halogens is 1. The highest BCUT2D eigenvalue weighted by molar-refractivity contribution is 9.10. The van der Waals surface area contributed by atoms with Gasteiger partial charge in [-0.25, -0.2) is 0 Å². The number of nitrogens with one attached hydrogen (secondary N) is 1. The zero-order valence-corrected chi connectivity index (χ0v) is 13.4. The third-order valence-electron chi connectivity index (χ3n) is 3.34. The Morgan fingerprint density at radius 3 is 3.17 bits per heavy atom. The largest absolute Gasteiger partial charge is 0.374 e. The van der Waals surface area contributed by atoms with E-state index in [9.17, 15) is 0 Å². The van der Waals surface area contributed by atoms with Gasteiger partial charge in [-0.1, -0.05) is 6.92 Å². The topological polar surface area (TPSA) is 24.5 Å². The molecule has 0 saturated carbocycles. The number of hydrogen-bond donors (Lipinski definition) is 1. The molecule has 3 nitrogen and oxygen atoms in total. The Bertz CT molecular complexity index is 372. The van der Waals surface area contributed by atoms with Crippen LogP contribution >= 0.6 is 27.3 Å². The first kappa shape index (κ1) is 14.5. The van der Waals surface area contributed by atoms with E-state index >= 15 is 0 Å². The van der Waals surface area contributed by atoms with Crippen molar-refractivity contribution in [2.45, 2.75) is 26.0 Å². The molecule has 2 heterocycles. The highest BCUT2D eigenvalue weighted by Gasteiger charge is 2.19. The van der Waals surface area contributed by atoms with Crippen LogP contribution in [0, 0.1) is 0 Å². The Kier molecular flexibility index (Phi) is 5.63. The summed E-state index contributed by atoms with van der Waals surface area (Å²) in [5.41, 5.74) is 0. The summed E-state index contributed by atoms with van der Waals surface area (Å²) in [6.07, 6.45) is 0.324. The normalized spacial score (nSPS) is 23.2. The highest BCUT2D eigenvalue weighted by atomic mass is 79.9. The van der Waals surface area contributed by atoms with Crippen molar-refractivity contribution in [2.24, 2.45) is 0 Å². The van der Waals surface area contributed by atoms with Gasteiger partial charge in [0.1, 0.15) is 0 Å². The van der Waals surface area contributed by atoms with Gasteiger partial charge in [-0.3, -0.25) is 4.90 Å². The van der Waals surface area contributed by atoms with Gasteiger partial charge in [0.2, 0.25) is 0 Å². The van der Waals surface area contributed by atoms with Gasteiger partial charge in [-0.2, -0.15) is 0 Å². The fourth-order valence-corrected chi connectivity index (χ4v) is 3.63. The fourth-order valence-electron chi connectivity index (χ4n) is 2.16. The van der Waals surface area contributed by atoms with Gasteiger partial charge < -0.3 is 10.1 Å². The first-order valence-corrected chi connectivity index (χ1v) is 8.17. The van der Waals surface area contributed by atoms with Crippen LogP contribution in [0.1, 0.15) is 24.8 Å². The lowest BCUT2D eigenvalue weighted by molar-refractivity contribution is -0.0261. The van der Waals surface area contributed by atoms with Crippen LogP contribution in [0.5, 0.6) is 0 Å². The standard InChI is InChI=1S/C13H21BrN2OS/c1-3-16-4-5-17-12(8-16)7-15-10(2)13-6-11(14)9-18-13/h6,9-10,12,15H,3-5,7-8H2,1-2H3. The molecule has 1 aromatic rings. The summed E-state index contributed by atoms with van der Waals surface area (Å²) in [4.78, 5) is 3.81. The number of likely N-dealkylation sites (N-methyl/N-ethyl adjacent to an activating group) is 1. The lowest BCUT2D eigenvalue weighted by atomic mass is 10.2. The highest BCUT2D eigenvalue weighted by Crippen LogP contribution is 2.25. The molecule has 1 aliphatic heterocycles. The molecule has 1 aliphatic rings. The molecule has 2 unspecified atom stereocenters. The van der Waals surface area contributed by atoms with Crippen LogP contribution in [0.15, 0.2) is 15.9 Å². The number of morpholine rings is 1. The van der Waals surface area contributed by atoms with E-state index in [4.69, 9.17) is 4.74 Å². The van der Waals surface area contributed by atoms with E-state index in [1.165, 1.54) is 9.35 Å². The maximum Gasteiger partial charge on any atom is 0.0826 e. The maximum atomic E-state index is 5.79. The second-order valence-corrected chi connectivity index (χ2v) is 6.54. The van der Waals surface area contributed by atoms with E-state index in [1.54, 1.807) is 11.3 Å². The van der Waals surface area contributed by atoms with E-state index in [0.717, 1.165) is 32.8 Å². The zero-order chi connectivity index (χ0) is 13.0. The van der Waals surface area contributed by atoms with Crippen molar-refractivity contribution in [1.82, 2.24) is 10.2 Å². The minimum atomic E-state index is 0.324. The van der Waals surface area contributed by atoms with Crippen LogP contribution in [-0.4, -0.2) is 43.8 Å². The summed E-state index contributed by atoms with van der Waals surface area (Å²) < 4.78 is 6.96. The molecule has 1 aromatic heterocycles. The predicted octanol–water partition coefficient (Wildman–Crippen LogP) is 2.88. The quantitative estimate of drug-likeness (QED) is 0.897. The van der Waals surface area contributed by atoms with Gasteiger partial charge in [0, 0.05) is 40.4 Å². The van der Waals surface area contributed by atoms with Crippen molar-refractivity contribution < 1.29 is 4.74 Å². The summed E-state index contributed by atoms with van der Waals surface area (Å²) >= 11 is 5.29. The fraction of sp³-hybridized carbons (Fsp3) is 0.692. The van der Waals surface area contributed by atoms with Crippen molar-refractivity contribution in [3.05, 3.63) is 20.8 Å². The van der Waals surface area contributed by atoms with Crippen LogP contribution in [-0.2, 0) is 4.74 Å². The minimum Gasteiger partial charge on any atom is -0.374 e. The Morgan fingerprint density at radius 2 is 2.50 bits per heavy atom. The molecule has 2 rings (SSSR count). The van der Waals surface area contributed by atoms with Gasteiger partial charge in [-0.15, -0.1) is 11.3 Å². The van der Waals surface area contributed by atoms with Crippen LogP contribution in [0.2, 0.25) is 0 Å². The second-order valence-electron chi connectivity index (χ2n) is 4.68.